The number of hydrogen-bond acceptors (Lipinski definition) is 4. The second kappa shape index (κ2) is 7.77. The van der Waals surface area contributed by atoms with E-state index in [4.69, 9.17) is 0 Å². The van der Waals surface area contributed by atoms with Crippen molar-refractivity contribution in [3.05, 3.63) is 59.7 Å². The highest BCUT2D eigenvalue weighted by Crippen LogP contribution is 2.16. The fraction of sp³-hybridized carbons (Fsp3) is 0.300. The first-order chi connectivity index (χ1) is 11.7. The van der Waals surface area contributed by atoms with Crippen LogP contribution in [0.25, 0.3) is 0 Å². The summed E-state index contributed by atoms with van der Waals surface area (Å²) in [5.74, 6) is 0. The van der Waals surface area contributed by atoms with E-state index in [1.54, 1.807) is 0 Å². The zero-order valence-corrected chi connectivity index (χ0v) is 14.3. The fourth-order valence-electron chi connectivity index (χ4n) is 2.81. The molecule has 124 valence electrons. The second-order valence-electron chi connectivity index (χ2n) is 6.29. The minimum atomic E-state index is 0.965. The molecule has 2 aromatic rings. The van der Waals surface area contributed by atoms with Crippen LogP contribution in [0.2, 0.25) is 0 Å². The van der Waals surface area contributed by atoms with Crippen LogP contribution in [0.3, 0.4) is 0 Å². The lowest BCUT2D eigenvalue weighted by Crippen LogP contribution is -2.21. The molecule has 0 atom stereocenters. The molecule has 0 spiro atoms. The number of benzene rings is 2. The Labute approximate surface area is 143 Å². The lowest BCUT2D eigenvalue weighted by atomic mass is 9.96. The van der Waals surface area contributed by atoms with Gasteiger partial charge in [-0.25, -0.2) is 0 Å². The van der Waals surface area contributed by atoms with Gasteiger partial charge in [0.25, 0.3) is 0 Å². The average molecular weight is 320 g/mol. The van der Waals surface area contributed by atoms with Crippen LogP contribution in [0.15, 0.2) is 58.7 Å². The standard InChI is InChI=1S/C20H24N4/c1-15-7-5-9-17(13-15)21-23-19-11-3-4-12-20(19)24-22-18-10-6-8-16(2)14-18/h5-10,13-14,21-22H,3-4,11-12H2,1-2H3/b23-19+,24-20+. The molecule has 0 aromatic heterocycles. The predicted octanol–water partition coefficient (Wildman–Crippen LogP) is 5.11. The fourth-order valence-corrected chi connectivity index (χ4v) is 2.81. The molecule has 1 fully saturated rings. The van der Waals surface area contributed by atoms with Crippen molar-refractivity contribution >= 4 is 22.8 Å². The Morgan fingerprint density at radius 2 is 1.17 bits per heavy atom. The molecule has 1 saturated carbocycles. The smallest absolute Gasteiger partial charge is 0.0839 e. The van der Waals surface area contributed by atoms with E-state index < -0.39 is 0 Å². The van der Waals surface area contributed by atoms with Gasteiger partial charge in [-0.05, 0) is 74.9 Å². The van der Waals surface area contributed by atoms with Crippen molar-refractivity contribution in [2.75, 3.05) is 10.9 Å². The Balaban J connectivity index is 1.72. The van der Waals surface area contributed by atoms with Gasteiger partial charge in [-0.3, -0.25) is 10.9 Å². The third-order valence-electron chi connectivity index (χ3n) is 4.09. The summed E-state index contributed by atoms with van der Waals surface area (Å²) in [6.07, 6.45) is 4.26. The van der Waals surface area contributed by atoms with Gasteiger partial charge in [0.2, 0.25) is 0 Å². The monoisotopic (exact) mass is 320 g/mol. The molecule has 0 radical (unpaired) electrons. The molecular formula is C20H24N4. The lowest BCUT2D eigenvalue weighted by Gasteiger charge is -2.16. The molecule has 1 aliphatic rings. The lowest BCUT2D eigenvalue weighted by molar-refractivity contribution is 0.774. The maximum absolute atomic E-state index is 4.60. The third-order valence-corrected chi connectivity index (χ3v) is 4.09. The number of hydrazone groups is 2. The first kappa shape index (κ1) is 16.2. The van der Waals surface area contributed by atoms with E-state index in [0.29, 0.717) is 0 Å². The van der Waals surface area contributed by atoms with E-state index in [2.05, 4.69) is 59.2 Å². The number of hydrogen-bond donors (Lipinski definition) is 2. The number of rotatable bonds is 4. The van der Waals surface area contributed by atoms with Gasteiger partial charge in [-0.2, -0.15) is 10.2 Å². The summed E-state index contributed by atoms with van der Waals surface area (Å²) >= 11 is 0. The van der Waals surface area contributed by atoms with Crippen molar-refractivity contribution in [3.63, 3.8) is 0 Å². The Kier molecular flexibility index (Phi) is 5.26. The Morgan fingerprint density at radius 1 is 0.708 bits per heavy atom. The van der Waals surface area contributed by atoms with Gasteiger partial charge in [0.1, 0.15) is 0 Å². The first-order valence-electron chi connectivity index (χ1n) is 8.49. The van der Waals surface area contributed by atoms with Gasteiger partial charge in [0.15, 0.2) is 0 Å². The Hall–Kier alpha value is -2.62. The Bertz CT molecular complexity index is 696. The van der Waals surface area contributed by atoms with Crippen LogP contribution in [-0.4, -0.2) is 11.4 Å². The minimum absolute atomic E-state index is 0.965. The van der Waals surface area contributed by atoms with Crippen molar-refractivity contribution in [3.8, 4) is 0 Å². The molecule has 0 heterocycles. The molecule has 24 heavy (non-hydrogen) atoms. The maximum atomic E-state index is 4.60. The van der Waals surface area contributed by atoms with Crippen LogP contribution in [0, 0.1) is 13.8 Å². The van der Waals surface area contributed by atoms with Crippen molar-refractivity contribution < 1.29 is 0 Å². The highest BCUT2D eigenvalue weighted by atomic mass is 15.3. The van der Waals surface area contributed by atoms with Crippen molar-refractivity contribution in [1.29, 1.82) is 0 Å². The quantitative estimate of drug-likeness (QED) is 0.769. The molecule has 1 aliphatic carbocycles. The second-order valence-corrected chi connectivity index (χ2v) is 6.29. The molecule has 0 bridgehead atoms. The first-order valence-corrected chi connectivity index (χ1v) is 8.49. The zero-order valence-electron chi connectivity index (χ0n) is 14.3. The van der Waals surface area contributed by atoms with E-state index in [1.807, 2.05) is 24.3 Å². The van der Waals surface area contributed by atoms with E-state index in [9.17, 15) is 0 Å². The molecule has 3 rings (SSSR count). The van der Waals surface area contributed by atoms with Gasteiger partial charge in [-0.1, -0.05) is 24.3 Å². The third kappa shape index (κ3) is 4.44. The number of aryl methyl sites for hydroxylation is 2. The molecule has 4 nitrogen and oxygen atoms in total. The van der Waals surface area contributed by atoms with Crippen molar-refractivity contribution in [2.45, 2.75) is 39.5 Å². The maximum Gasteiger partial charge on any atom is 0.0839 e. The van der Waals surface area contributed by atoms with Crippen molar-refractivity contribution in [1.82, 2.24) is 0 Å². The largest absolute Gasteiger partial charge is 0.278 e. The highest BCUT2D eigenvalue weighted by molar-refractivity contribution is 6.43. The number of anilines is 2. The molecule has 2 aromatic carbocycles. The summed E-state index contributed by atoms with van der Waals surface area (Å²) in [6, 6.07) is 16.5. The average Bonchev–Trinajstić information content (AvgIpc) is 2.59. The molecule has 0 unspecified atom stereocenters. The van der Waals surface area contributed by atoms with Crippen LogP contribution in [0.1, 0.15) is 36.8 Å². The molecule has 2 N–H and O–H groups in total. The van der Waals surface area contributed by atoms with Crippen LogP contribution in [0.4, 0.5) is 11.4 Å². The highest BCUT2D eigenvalue weighted by Gasteiger charge is 2.15. The van der Waals surface area contributed by atoms with Crippen LogP contribution >= 0.6 is 0 Å². The summed E-state index contributed by atoms with van der Waals surface area (Å²) in [4.78, 5) is 0. The molecule has 0 saturated heterocycles. The molecular weight excluding hydrogens is 296 g/mol. The van der Waals surface area contributed by atoms with E-state index >= 15 is 0 Å². The van der Waals surface area contributed by atoms with Gasteiger partial charge < -0.3 is 0 Å². The summed E-state index contributed by atoms with van der Waals surface area (Å²) in [5.41, 5.74) is 12.9. The van der Waals surface area contributed by atoms with Crippen LogP contribution in [-0.2, 0) is 0 Å². The van der Waals surface area contributed by atoms with E-state index in [1.165, 1.54) is 11.1 Å². The van der Waals surface area contributed by atoms with Crippen molar-refractivity contribution in [2.24, 2.45) is 10.2 Å². The number of nitrogens with zero attached hydrogens (tertiary/aromatic N) is 2. The molecule has 0 amide bonds. The molecule has 4 heteroatoms. The Morgan fingerprint density at radius 3 is 1.58 bits per heavy atom. The molecule has 0 aliphatic heterocycles. The van der Waals surface area contributed by atoms with Crippen LogP contribution < -0.4 is 10.9 Å². The summed E-state index contributed by atoms with van der Waals surface area (Å²) in [6.45, 7) is 4.16. The van der Waals surface area contributed by atoms with Gasteiger partial charge in [0.05, 0.1) is 22.8 Å². The van der Waals surface area contributed by atoms with Gasteiger partial charge in [0, 0.05) is 0 Å². The number of nitrogens with one attached hydrogen (secondary N) is 2. The summed E-state index contributed by atoms with van der Waals surface area (Å²) in [7, 11) is 0. The van der Waals surface area contributed by atoms with E-state index in [-0.39, 0.29) is 0 Å². The predicted molar refractivity (Wildman–Crippen MR) is 103 cm³/mol. The normalized spacial score (nSPS) is 17.9. The summed E-state index contributed by atoms with van der Waals surface area (Å²) in [5, 5.41) is 9.20. The van der Waals surface area contributed by atoms with Gasteiger partial charge in [-0.15, -0.1) is 0 Å². The minimum Gasteiger partial charge on any atom is -0.278 e. The topological polar surface area (TPSA) is 48.8 Å². The van der Waals surface area contributed by atoms with Gasteiger partial charge >= 0.3 is 0 Å². The van der Waals surface area contributed by atoms with Crippen LogP contribution in [0.5, 0.6) is 0 Å². The van der Waals surface area contributed by atoms with E-state index in [0.717, 1.165) is 48.5 Å². The zero-order chi connectivity index (χ0) is 16.8. The summed E-state index contributed by atoms with van der Waals surface area (Å²) < 4.78 is 0. The SMILES string of the molecule is Cc1cccc(N/N=C2\CCCC\C2=N/Nc2cccc(C)c2)c1.